The maximum absolute atomic E-state index is 12.1. The molecule has 1 unspecified atom stereocenters. The summed E-state index contributed by atoms with van der Waals surface area (Å²) in [5.74, 6) is 5.29. The third kappa shape index (κ3) is 3.59. The van der Waals surface area contributed by atoms with E-state index in [2.05, 4.69) is 17.2 Å². The first-order chi connectivity index (χ1) is 9.60. The number of hydrogen-bond donors (Lipinski definition) is 2. The molecule has 106 valence electrons. The Kier molecular flexibility index (Phi) is 4.77. The second kappa shape index (κ2) is 6.55. The first-order valence-electron chi connectivity index (χ1n) is 6.33. The molecule has 1 aromatic rings. The highest BCUT2D eigenvalue weighted by atomic mass is 32.1. The Hall–Kier alpha value is -1.84. The van der Waals surface area contributed by atoms with Crippen LogP contribution in [0.1, 0.15) is 28.1 Å². The molecule has 1 aromatic heterocycles. The highest BCUT2D eigenvalue weighted by Gasteiger charge is 2.24. The first-order valence-corrected chi connectivity index (χ1v) is 7.21. The van der Waals surface area contributed by atoms with Gasteiger partial charge in [0.05, 0.1) is 10.4 Å². The summed E-state index contributed by atoms with van der Waals surface area (Å²) < 4.78 is 0. The van der Waals surface area contributed by atoms with Crippen molar-refractivity contribution in [3.63, 3.8) is 0 Å². The summed E-state index contributed by atoms with van der Waals surface area (Å²) in [6, 6.07) is 1.71. The fourth-order valence-corrected chi connectivity index (χ4v) is 2.80. The van der Waals surface area contributed by atoms with E-state index >= 15 is 0 Å². The Balaban J connectivity index is 1.95. The SMILES string of the molecule is CN1CC(NC(=O)c2csc(C#CCO)c2)CCC1=O. The van der Waals surface area contributed by atoms with Crippen LogP contribution in [0.5, 0.6) is 0 Å². The van der Waals surface area contributed by atoms with Gasteiger partial charge < -0.3 is 15.3 Å². The van der Waals surface area contributed by atoms with Crippen molar-refractivity contribution in [2.45, 2.75) is 18.9 Å². The van der Waals surface area contributed by atoms with E-state index < -0.39 is 0 Å². The molecule has 1 aliphatic heterocycles. The van der Waals surface area contributed by atoms with E-state index in [1.807, 2.05) is 0 Å². The maximum atomic E-state index is 12.1. The van der Waals surface area contributed by atoms with Crippen molar-refractivity contribution < 1.29 is 14.7 Å². The number of rotatable bonds is 2. The molecule has 0 radical (unpaired) electrons. The average Bonchev–Trinajstić information content (AvgIpc) is 2.89. The third-order valence-corrected chi connectivity index (χ3v) is 3.96. The van der Waals surface area contributed by atoms with Crippen molar-refractivity contribution in [2.75, 3.05) is 20.2 Å². The number of thiophene rings is 1. The van der Waals surface area contributed by atoms with Crippen LogP contribution < -0.4 is 5.32 Å². The molecule has 2 amide bonds. The predicted molar refractivity (Wildman–Crippen MR) is 76.4 cm³/mol. The number of carbonyl (C=O) groups is 2. The average molecular weight is 292 g/mol. The van der Waals surface area contributed by atoms with Crippen molar-refractivity contribution in [3.05, 3.63) is 21.9 Å². The van der Waals surface area contributed by atoms with E-state index in [1.165, 1.54) is 11.3 Å². The summed E-state index contributed by atoms with van der Waals surface area (Å²) in [5, 5.41) is 13.3. The lowest BCUT2D eigenvalue weighted by Crippen LogP contribution is -2.48. The molecule has 1 fully saturated rings. The van der Waals surface area contributed by atoms with Gasteiger partial charge in [0.25, 0.3) is 5.91 Å². The van der Waals surface area contributed by atoms with Gasteiger partial charge in [0.2, 0.25) is 5.91 Å². The summed E-state index contributed by atoms with van der Waals surface area (Å²) in [4.78, 5) is 25.9. The van der Waals surface area contributed by atoms with E-state index in [9.17, 15) is 9.59 Å². The Morgan fingerprint density at radius 1 is 1.65 bits per heavy atom. The normalized spacial score (nSPS) is 18.4. The molecular formula is C14H16N2O3S. The van der Waals surface area contributed by atoms with Crippen molar-refractivity contribution in [2.24, 2.45) is 0 Å². The Bertz CT molecular complexity index is 570. The van der Waals surface area contributed by atoms with Gasteiger partial charge >= 0.3 is 0 Å². The zero-order valence-electron chi connectivity index (χ0n) is 11.2. The van der Waals surface area contributed by atoms with Crippen LogP contribution in [0.2, 0.25) is 0 Å². The van der Waals surface area contributed by atoms with Gasteiger partial charge in [-0.25, -0.2) is 0 Å². The zero-order chi connectivity index (χ0) is 14.5. The summed E-state index contributed by atoms with van der Waals surface area (Å²) in [7, 11) is 1.74. The standard InChI is InChI=1S/C14H16N2O3S/c1-16-8-11(4-5-13(16)18)15-14(19)10-7-12(20-9-10)3-2-6-17/h7,9,11,17H,4-6,8H2,1H3,(H,15,19). The second-order valence-electron chi connectivity index (χ2n) is 4.64. The van der Waals surface area contributed by atoms with Crippen LogP contribution >= 0.6 is 11.3 Å². The second-order valence-corrected chi connectivity index (χ2v) is 5.55. The molecule has 1 saturated heterocycles. The number of aliphatic hydroxyl groups is 1. The number of nitrogens with one attached hydrogen (secondary N) is 1. The third-order valence-electron chi connectivity index (χ3n) is 3.11. The fraction of sp³-hybridized carbons (Fsp3) is 0.429. The number of likely N-dealkylation sites (N-methyl/N-ethyl adjacent to an activating group) is 1. The lowest BCUT2D eigenvalue weighted by molar-refractivity contribution is -0.132. The molecule has 20 heavy (non-hydrogen) atoms. The number of nitrogens with zero attached hydrogens (tertiary/aromatic N) is 1. The molecule has 0 aliphatic carbocycles. The highest BCUT2D eigenvalue weighted by molar-refractivity contribution is 7.10. The first kappa shape index (κ1) is 14.6. The van der Waals surface area contributed by atoms with Gasteiger partial charge in [0.15, 0.2) is 0 Å². The molecule has 5 nitrogen and oxygen atoms in total. The molecule has 1 atom stereocenters. The van der Waals surface area contributed by atoms with Gasteiger partial charge in [-0.2, -0.15) is 0 Å². The molecule has 0 saturated carbocycles. The van der Waals surface area contributed by atoms with E-state index in [1.54, 1.807) is 23.4 Å². The van der Waals surface area contributed by atoms with Gasteiger partial charge in [0, 0.05) is 31.4 Å². The molecule has 6 heteroatoms. The van der Waals surface area contributed by atoms with Crippen LogP contribution in [0.25, 0.3) is 0 Å². The van der Waals surface area contributed by atoms with Gasteiger partial charge in [-0.05, 0) is 12.5 Å². The molecule has 0 aromatic carbocycles. The number of piperidine rings is 1. The molecule has 1 aliphatic rings. The van der Waals surface area contributed by atoms with E-state index in [4.69, 9.17) is 5.11 Å². The number of amides is 2. The lowest BCUT2D eigenvalue weighted by Gasteiger charge is -2.30. The molecule has 2 rings (SSSR count). The summed E-state index contributed by atoms with van der Waals surface area (Å²) in [6.45, 7) is 0.355. The summed E-state index contributed by atoms with van der Waals surface area (Å²) in [5.41, 5.74) is 0.566. The Morgan fingerprint density at radius 2 is 2.45 bits per heavy atom. The van der Waals surface area contributed by atoms with Gasteiger partial charge in [-0.15, -0.1) is 11.3 Å². The summed E-state index contributed by atoms with van der Waals surface area (Å²) in [6.07, 6.45) is 1.15. The van der Waals surface area contributed by atoms with Gasteiger partial charge in [0.1, 0.15) is 6.61 Å². The quantitative estimate of drug-likeness (QED) is 0.777. The number of aliphatic hydroxyl groups excluding tert-OH is 1. The number of carbonyl (C=O) groups excluding carboxylic acids is 2. The zero-order valence-corrected chi connectivity index (χ0v) is 12.0. The summed E-state index contributed by atoms with van der Waals surface area (Å²) >= 11 is 1.37. The lowest BCUT2D eigenvalue weighted by atomic mass is 10.1. The van der Waals surface area contributed by atoms with Crippen LogP contribution in [0.3, 0.4) is 0 Å². The molecule has 0 spiro atoms. The van der Waals surface area contributed by atoms with Crippen molar-refractivity contribution in [1.82, 2.24) is 10.2 Å². The largest absolute Gasteiger partial charge is 0.384 e. The smallest absolute Gasteiger partial charge is 0.252 e. The minimum Gasteiger partial charge on any atom is -0.384 e. The monoisotopic (exact) mass is 292 g/mol. The van der Waals surface area contributed by atoms with Crippen LogP contribution in [-0.2, 0) is 4.79 Å². The molecule has 2 N–H and O–H groups in total. The van der Waals surface area contributed by atoms with Gasteiger partial charge in [-0.3, -0.25) is 9.59 Å². The minimum atomic E-state index is -0.193. The highest BCUT2D eigenvalue weighted by Crippen LogP contribution is 2.15. The van der Waals surface area contributed by atoms with Crippen molar-refractivity contribution in [3.8, 4) is 11.8 Å². The minimum absolute atomic E-state index is 0.00271. The Labute approximate surface area is 121 Å². The number of hydrogen-bond acceptors (Lipinski definition) is 4. The van der Waals surface area contributed by atoms with Crippen LogP contribution in [0.4, 0.5) is 0 Å². The maximum Gasteiger partial charge on any atom is 0.252 e. The Morgan fingerprint density at radius 3 is 3.15 bits per heavy atom. The predicted octanol–water partition coefficient (Wildman–Crippen LogP) is 0.442. The topological polar surface area (TPSA) is 69.6 Å². The molecule has 2 heterocycles. The van der Waals surface area contributed by atoms with E-state index in [-0.39, 0.29) is 24.5 Å². The van der Waals surface area contributed by atoms with Crippen LogP contribution in [-0.4, -0.2) is 48.1 Å². The van der Waals surface area contributed by atoms with Crippen LogP contribution in [0, 0.1) is 11.8 Å². The molecular weight excluding hydrogens is 276 g/mol. The van der Waals surface area contributed by atoms with Crippen LogP contribution in [0.15, 0.2) is 11.4 Å². The number of likely N-dealkylation sites (tertiary alicyclic amines) is 1. The van der Waals surface area contributed by atoms with E-state index in [0.29, 0.717) is 24.9 Å². The molecule has 0 bridgehead atoms. The van der Waals surface area contributed by atoms with Crippen molar-refractivity contribution in [1.29, 1.82) is 0 Å². The van der Waals surface area contributed by atoms with Crippen molar-refractivity contribution >= 4 is 23.2 Å². The fourth-order valence-electron chi connectivity index (χ4n) is 2.05. The van der Waals surface area contributed by atoms with Gasteiger partial charge in [-0.1, -0.05) is 11.8 Å². The van der Waals surface area contributed by atoms with E-state index in [0.717, 1.165) is 4.88 Å².